The van der Waals surface area contributed by atoms with Crippen LogP contribution in [0.1, 0.15) is 46.6 Å². The fourth-order valence-corrected chi connectivity index (χ4v) is 3.43. The van der Waals surface area contributed by atoms with Gasteiger partial charge in [-0.15, -0.1) is 0 Å². The zero-order valence-corrected chi connectivity index (χ0v) is 14.8. The summed E-state index contributed by atoms with van der Waals surface area (Å²) < 4.78 is 10.4. The molecule has 134 valence electrons. The molecule has 3 heterocycles. The molecule has 1 saturated heterocycles. The first-order chi connectivity index (χ1) is 12.6. The summed E-state index contributed by atoms with van der Waals surface area (Å²) in [6.07, 6.45) is 1.84. The molecule has 1 fully saturated rings. The second kappa shape index (κ2) is 6.74. The smallest absolute Gasteiger partial charge is 0.259 e. The molecular weight excluding hydrogens is 332 g/mol. The highest BCUT2D eigenvalue weighted by molar-refractivity contribution is 6.00. The fourth-order valence-electron chi connectivity index (χ4n) is 3.43. The van der Waals surface area contributed by atoms with Gasteiger partial charge in [0.25, 0.3) is 5.91 Å². The van der Waals surface area contributed by atoms with Gasteiger partial charge >= 0.3 is 0 Å². The average molecular weight is 352 g/mol. The lowest BCUT2D eigenvalue weighted by atomic mass is 9.96. The summed E-state index contributed by atoms with van der Waals surface area (Å²) in [5, 5.41) is 8.14. The largest absolute Gasteiger partial charge is 0.360 e. The van der Waals surface area contributed by atoms with E-state index in [0.29, 0.717) is 41.8 Å². The topological polar surface area (TPSA) is 85.3 Å². The molecule has 0 bridgehead atoms. The minimum atomic E-state index is -0.0625. The number of carbonyl (C=O) groups excluding carboxylic acids is 1. The maximum atomic E-state index is 13.2. The maximum Gasteiger partial charge on any atom is 0.259 e. The summed E-state index contributed by atoms with van der Waals surface area (Å²) in [7, 11) is 0. The third kappa shape index (κ3) is 3.00. The highest BCUT2D eigenvalue weighted by Crippen LogP contribution is 2.30. The number of hydrogen-bond donors (Lipinski definition) is 0. The van der Waals surface area contributed by atoms with Crippen LogP contribution in [0.4, 0.5) is 0 Å². The van der Waals surface area contributed by atoms with E-state index < -0.39 is 0 Å². The molecule has 2 aromatic heterocycles. The van der Waals surface area contributed by atoms with Gasteiger partial charge in [0.2, 0.25) is 5.89 Å². The van der Waals surface area contributed by atoms with Crippen molar-refractivity contribution in [2.45, 2.75) is 32.6 Å². The summed E-state index contributed by atoms with van der Waals surface area (Å²) in [6, 6.07) is 9.62. The number of aromatic nitrogens is 3. The Morgan fingerprint density at radius 2 is 1.96 bits per heavy atom. The molecule has 0 unspecified atom stereocenters. The second-order valence-electron chi connectivity index (χ2n) is 6.59. The first-order valence-corrected chi connectivity index (χ1v) is 8.74. The molecule has 26 heavy (non-hydrogen) atoms. The van der Waals surface area contributed by atoms with Gasteiger partial charge in [0.1, 0.15) is 17.0 Å². The van der Waals surface area contributed by atoms with E-state index in [1.807, 2.05) is 35.2 Å². The van der Waals surface area contributed by atoms with E-state index in [0.717, 1.165) is 18.4 Å². The number of piperidine rings is 1. The first kappa shape index (κ1) is 16.5. The van der Waals surface area contributed by atoms with Crippen LogP contribution >= 0.6 is 0 Å². The van der Waals surface area contributed by atoms with E-state index in [2.05, 4.69) is 15.3 Å². The molecule has 3 aromatic rings. The van der Waals surface area contributed by atoms with Crippen LogP contribution in [0.25, 0.3) is 11.3 Å². The van der Waals surface area contributed by atoms with Crippen LogP contribution in [0.3, 0.4) is 0 Å². The number of nitrogens with zero attached hydrogens (tertiary/aromatic N) is 4. The van der Waals surface area contributed by atoms with Crippen molar-refractivity contribution in [1.29, 1.82) is 0 Å². The number of aryl methyl sites for hydroxylation is 2. The van der Waals surface area contributed by atoms with Crippen molar-refractivity contribution < 1.29 is 13.8 Å². The van der Waals surface area contributed by atoms with Crippen LogP contribution < -0.4 is 0 Å². The Bertz CT molecular complexity index is 916. The Morgan fingerprint density at radius 1 is 1.15 bits per heavy atom. The van der Waals surface area contributed by atoms with Crippen molar-refractivity contribution in [2.24, 2.45) is 0 Å². The molecule has 0 radical (unpaired) electrons. The molecule has 0 saturated carbocycles. The van der Waals surface area contributed by atoms with Crippen molar-refractivity contribution in [3.8, 4) is 11.3 Å². The van der Waals surface area contributed by atoms with E-state index in [9.17, 15) is 4.79 Å². The van der Waals surface area contributed by atoms with Gasteiger partial charge < -0.3 is 13.9 Å². The monoisotopic (exact) mass is 352 g/mol. The number of amides is 1. The molecule has 1 atom stereocenters. The molecule has 1 amide bonds. The molecule has 0 spiro atoms. The predicted octanol–water partition coefficient (Wildman–Crippen LogP) is 3.36. The summed E-state index contributed by atoms with van der Waals surface area (Å²) in [5.74, 6) is 1.78. The van der Waals surface area contributed by atoms with Crippen molar-refractivity contribution in [1.82, 2.24) is 20.2 Å². The van der Waals surface area contributed by atoms with Crippen LogP contribution in [0.2, 0.25) is 0 Å². The molecule has 1 aromatic carbocycles. The lowest BCUT2D eigenvalue weighted by Crippen LogP contribution is -2.39. The number of benzene rings is 1. The van der Waals surface area contributed by atoms with Crippen molar-refractivity contribution in [3.63, 3.8) is 0 Å². The zero-order chi connectivity index (χ0) is 18.1. The van der Waals surface area contributed by atoms with Gasteiger partial charge in [0, 0.05) is 31.5 Å². The minimum Gasteiger partial charge on any atom is -0.360 e. The quantitative estimate of drug-likeness (QED) is 0.718. The standard InChI is InChI=1S/C19H20N4O3/c1-12-16(17(21-25-12)14-7-4-3-5-8-14)19(24)23-10-6-9-15(11-23)18-20-13(2)26-22-18/h3-5,7-8,15H,6,9-11H2,1-2H3/t15-/m0/s1. The molecule has 0 N–H and O–H groups in total. The molecule has 1 aliphatic heterocycles. The summed E-state index contributed by atoms with van der Waals surface area (Å²) >= 11 is 0. The zero-order valence-electron chi connectivity index (χ0n) is 14.8. The van der Waals surface area contributed by atoms with E-state index in [1.165, 1.54) is 0 Å². The van der Waals surface area contributed by atoms with Crippen molar-refractivity contribution >= 4 is 5.91 Å². The Hall–Kier alpha value is -2.96. The minimum absolute atomic E-state index is 0.0625. The lowest BCUT2D eigenvalue weighted by molar-refractivity contribution is 0.0702. The molecule has 1 aliphatic rings. The summed E-state index contributed by atoms with van der Waals surface area (Å²) in [6.45, 7) is 4.81. The van der Waals surface area contributed by atoms with Gasteiger partial charge in [0.15, 0.2) is 5.82 Å². The SMILES string of the molecule is Cc1nc([C@H]2CCCN(C(=O)c3c(-c4ccccc4)noc3C)C2)no1. The molecule has 7 heteroatoms. The highest BCUT2D eigenvalue weighted by Gasteiger charge is 2.31. The highest BCUT2D eigenvalue weighted by atomic mass is 16.5. The first-order valence-electron chi connectivity index (χ1n) is 8.74. The van der Waals surface area contributed by atoms with Gasteiger partial charge in [0.05, 0.1) is 0 Å². The van der Waals surface area contributed by atoms with E-state index >= 15 is 0 Å². The van der Waals surface area contributed by atoms with Gasteiger partial charge in [-0.3, -0.25) is 4.79 Å². The van der Waals surface area contributed by atoms with Crippen LogP contribution in [0.15, 0.2) is 39.4 Å². The predicted molar refractivity (Wildman–Crippen MR) is 93.6 cm³/mol. The molecule has 4 rings (SSSR count). The van der Waals surface area contributed by atoms with Gasteiger partial charge in [-0.2, -0.15) is 4.98 Å². The average Bonchev–Trinajstić information content (AvgIpc) is 3.28. The maximum absolute atomic E-state index is 13.2. The Labute approximate surface area is 151 Å². The Balaban J connectivity index is 1.61. The van der Waals surface area contributed by atoms with Gasteiger partial charge in [-0.1, -0.05) is 40.6 Å². The number of hydrogen-bond acceptors (Lipinski definition) is 6. The van der Waals surface area contributed by atoms with E-state index in [4.69, 9.17) is 9.05 Å². The van der Waals surface area contributed by atoms with Crippen LogP contribution in [-0.4, -0.2) is 39.2 Å². The van der Waals surface area contributed by atoms with Gasteiger partial charge in [-0.25, -0.2) is 0 Å². The number of likely N-dealkylation sites (tertiary alicyclic amines) is 1. The van der Waals surface area contributed by atoms with Gasteiger partial charge in [-0.05, 0) is 19.8 Å². The number of rotatable bonds is 3. The summed E-state index contributed by atoms with van der Waals surface area (Å²) in [4.78, 5) is 19.4. The molecular formula is C19H20N4O3. The third-order valence-corrected chi connectivity index (χ3v) is 4.74. The fraction of sp³-hybridized carbons (Fsp3) is 0.368. The second-order valence-corrected chi connectivity index (χ2v) is 6.59. The lowest BCUT2D eigenvalue weighted by Gasteiger charge is -2.31. The molecule has 0 aliphatic carbocycles. The van der Waals surface area contributed by atoms with Crippen LogP contribution in [0, 0.1) is 13.8 Å². The molecule has 7 nitrogen and oxygen atoms in total. The van der Waals surface area contributed by atoms with Crippen molar-refractivity contribution in [2.75, 3.05) is 13.1 Å². The van der Waals surface area contributed by atoms with Crippen LogP contribution in [0.5, 0.6) is 0 Å². The Kier molecular flexibility index (Phi) is 4.28. The third-order valence-electron chi connectivity index (χ3n) is 4.74. The normalized spacial score (nSPS) is 17.5. The number of carbonyl (C=O) groups is 1. The van der Waals surface area contributed by atoms with Crippen LogP contribution in [-0.2, 0) is 0 Å². The van der Waals surface area contributed by atoms with E-state index in [-0.39, 0.29) is 11.8 Å². The van der Waals surface area contributed by atoms with Crippen molar-refractivity contribution in [3.05, 3.63) is 53.4 Å². The summed E-state index contributed by atoms with van der Waals surface area (Å²) in [5.41, 5.74) is 1.99. The Morgan fingerprint density at radius 3 is 2.69 bits per heavy atom. The van der Waals surface area contributed by atoms with E-state index in [1.54, 1.807) is 13.8 Å².